The number of benzene rings is 2. The SMILES string of the molecule is COc1ccc(Nc2cccc(SC)c2)c(N)c1. The van der Waals surface area contributed by atoms with E-state index in [9.17, 15) is 0 Å². The van der Waals surface area contributed by atoms with Crippen LogP contribution in [0.2, 0.25) is 0 Å². The predicted molar refractivity (Wildman–Crippen MR) is 78.9 cm³/mol. The zero-order valence-corrected chi connectivity index (χ0v) is 11.3. The van der Waals surface area contributed by atoms with Crippen molar-refractivity contribution in [1.82, 2.24) is 0 Å². The molecule has 0 aromatic heterocycles. The highest BCUT2D eigenvalue weighted by molar-refractivity contribution is 7.98. The summed E-state index contributed by atoms with van der Waals surface area (Å²) in [6.07, 6.45) is 2.06. The zero-order valence-electron chi connectivity index (χ0n) is 10.4. The molecular weight excluding hydrogens is 244 g/mol. The number of hydrogen-bond acceptors (Lipinski definition) is 4. The minimum Gasteiger partial charge on any atom is -0.497 e. The minimum absolute atomic E-state index is 0.670. The van der Waals surface area contributed by atoms with Gasteiger partial charge in [0.2, 0.25) is 0 Å². The normalized spacial score (nSPS) is 10.1. The molecule has 0 saturated carbocycles. The minimum atomic E-state index is 0.670. The average Bonchev–Trinajstić information content (AvgIpc) is 2.41. The lowest BCUT2D eigenvalue weighted by Crippen LogP contribution is -1.97. The average molecular weight is 260 g/mol. The van der Waals surface area contributed by atoms with Gasteiger partial charge in [0.25, 0.3) is 0 Å². The quantitative estimate of drug-likeness (QED) is 0.649. The Morgan fingerprint density at radius 2 is 2.00 bits per heavy atom. The summed E-state index contributed by atoms with van der Waals surface area (Å²) in [6, 6.07) is 13.8. The first kappa shape index (κ1) is 12.6. The van der Waals surface area contributed by atoms with Crippen LogP contribution in [0.1, 0.15) is 0 Å². The third-order valence-corrected chi connectivity index (χ3v) is 3.33. The molecule has 0 aliphatic carbocycles. The topological polar surface area (TPSA) is 47.3 Å². The summed E-state index contributed by atoms with van der Waals surface area (Å²) in [5.41, 5.74) is 8.55. The number of hydrogen-bond donors (Lipinski definition) is 2. The molecule has 0 spiro atoms. The van der Waals surface area contributed by atoms with E-state index in [1.165, 1.54) is 4.90 Å². The number of nitrogen functional groups attached to an aromatic ring is 1. The summed E-state index contributed by atoms with van der Waals surface area (Å²) >= 11 is 1.71. The van der Waals surface area contributed by atoms with Crippen LogP contribution in [0.4, 0.5) is 17.1 Å². The molecule has 0 unspecified atom stereocenters. The van der Waals surface area contributed by atoms with E-state index in [0.29, 0.717) is 5.69 Å². The van der Waals surface area contributed by atoms with E-state index in [-0.39, 0.29) is 0 Å². The Kier molecular flexibility index (Phi) is 3.99. The van der Waals surface area contributed by atoms with E-state index in [4.69, 9.17) is 10.5 Å². The molecule has 0 atom stereocenters. The molecule has 0 aliphatic rings. The van der Waals surface area contributed by atoms with Crippen LogP contribution in [0.3, 0.4) is 0 Å². The highest BCUT2D eigenvalue weighted by Crippen LogP contribution is 2.28. The van der Waals surface area contributed by atoms with Gasteiger partial charge in [-0.05, 0) is 36.6 Å². The summed E-state index contributed by atoms with van der Waals surface area (Å²) in [5, 5.41) is 3.30. The van der Waals surface area contributed by atoms with Gasteiger partial charge in [0.05, 0.1) is 18.5 Å². The van der Waals surface area contributed by atoms with E-state index in [2.05, 4.69) is 23.7 Å². The molecule has 2 aromatic carbocycles. The summed E-state index contributed by atoms with van der Waals surface area (Å²) in [4.78, 5) is 1.21. The van der Waals surface area contributed by atoms with Crippen molar-refractivity contribution in [3.8, 4) is 5.75 Å². The Balaban J connectivity index is 2.22. The van der Waals surface area contributed by atoms with Crippen LogP contribution < -0.4 is 15.8 Å². The highest BCUT2D eigenvalue weighted by atomic mass is 32.2. The number of methoxy groups -OCH3 is 1. The number of rotatable bonds is 4. The largest absolute Gasteiger partial charge is 0.497 e. The maximum Gasteiger partial charge on any atom is 0.121 e. The molecule has 0 aliphatic heterocycles. The smallest absolute Gasteiger partial charge is 0.121 e. The molecular formula is C14H16N2OS. The van der Waals surface area contributed by atoms with Crippen molar-refractivity contribution in [2.24, 2.45) is 0 Å². The summed E-state index contributed by atoms with van der Waals surface area (Å²) in [6.45, 7) is 0. The molecule has 2 aromatic rings. The molecule has 0 amide bonds. The summed E-state index contributed by atoms with van der Waals surface area (Å²) < 4.78 is 5.13. The summed E-state index contributed by atoms with van der Waals surface area (Å²) in [7, 11) is 1.63. The van der Waals surface area contributed by atoms with Crippen LogP contribution in [0, 0.1) is 0 Å². The van der Waals surface area contributed by atoms with Crippen LogP contribution in [-0.4, -0.2) is 13.4 Å². The van der Waals surface area contributed by atoms with Gasteiger partial charge in [-0.25, -0.2) is 0 Å². The van der Waals surface area contributed by atoms with E-state index in [1.54, 1.807) is 24.9 Å². The Morgan fingerprint density at radius 1 is 1.17 bits per heavy atom. The van der Waals surface area contributed by atoms with Gasteiger partial charge in [0, 0.05) is 16.6 Å². The Morgan fingerprint density at radius 3 is 2.67 bits per heavy atom. The number of nitrogens with two attached hydrogens (primary N) is 1. The molecule has 94 valence electrons. The molecule has 0 fully saturated rings. The lowest BCUT2D eigenvalue weighted by atomic mass is 10.2. The standard InChI is InChI=1S/C14H16N2OS/c1-17-11-6-7-14(13(15)9-11)16-10-4-3-5-12(8-10)18-2/h3-9,16H,15H2,1-2H3. The highest BCUT2D eigenvalue weighted by Gasteiger charge is 2.02. The molecule has 18 heavy (non-hydrogen) atoms. The maximum atomic E-state index is 5.97. The van der Waals surface area contributed by atoms with Gasteiger partial charge in [-0.15, -0.1) is 11.8 Å². The van der Waals surface area contributed by atoms with Crippen molar-refractivity contribution < 1.29 is 4.74 Å². The third-order valence-electron chi connectivity index (χ3n) is 2.61. The van der Waals surface area contributed by atoms with Crippen LogP contribution in [0.25, 0.3) is 0 Å². The van der Waals surface area contributed by atoms with Crippen molar-refractivity contribution >= 4 is 28.8 Å². The molecule has 0 saturated heterocycles. The number of ether oxygens (including phenoxy) is 1. The Labute approximate surface area is 111 Å². The van der Waals surface area contributed by atoms with Crippen LogP contribution in [-0.2, 0) is 0 Å². The zero-order chi connectivity index (χ0) is 13.0. The predicted octanol–water partition coefficient (Wildman–Crippen LogP) is 3.74. The fourth-order valence-corrected chi connectivity index (χ4v) is 2.10. The van der Waals surface area contributed by atoms with Crippen molar-refractivity contribution in [2.75, 3.05) is 24.4 Å². The van der Waals surface area contributed by atoms with Crippen LogP contribution in [0.5, 0.6) is 5.75 Å². The van der Waals surface area contributed by atoms with Gasteiger partial charge < -0.3 is 15.8 Å². The fourth-order valence-electron chi connectivity index (χ4n) is 1.64. The van der Waals surface area contributed by atoms with Gasteiger partial charge in [-0.2, -0.15) is 0 Å². The third kappa shape index (κ3) is 2.90. The molecule has 3 N–H and O–H groups in total. The molecule has 0 radical (unpaired) electrons. The van der Waals surface area contributed by atoms with Crippen LogP contribution in [0.15, 0.2) is 47.4 Å². The second-order valence-corrected chi connectivity index (χ2v) is 4.69. The maximum absolute atomic E-state index is 5.97. The van der Waals surface area contributed by atoms with Crippen molar-refractivity contribution in [3.63, 3.8) is 0 Å². The van der Waals surface area contributed by atoms with Gasteiger partial charge in [0.15, 0.2) is 0 Å². The first-order valence-electron chi connectivity index (χ1n) is 5.57. The number of nitrogens with one attached hydrogen (secondary N) is 1. The second kappa shape index (κ2) is 5.69. The molecule has 3 nitrogen and oxygen atoms in total. The molecule has 4 heteroatoms. The monoisotopic (exact) mass is 260 g/mol. The number of anilines is 3. The van der Waals surface area contributed by atoms with Gasteiger partial charge >= 0.3 is 0 Å². The van der Waals surface area contributed by atoms with E-state index >= 15 is 0 Å². The Hall–Kier alpha value is -1.81. The number of thioether (sulfide) groups is 1. The van der Waals surface area contributed by atoms with Gasteiger partial charge in [-0.1, -0.05) is 6.07 Å². The van der Waals surface area contributed by atoms with Crippen molar-refractivity contribution in [3.05, 3.63) is 42.5 Å². The fraction of sp³-hybridized carbons (Fsp3) is 0.143. The van der Waals surface area contributed by atoms with E-state index in [1.807, 2.05) is 24.3 Å². The summed E-state index contributed by atoms with van der Waals surface area (Å²) in [5.74, 6) is 0.760. The lowest BCUT2D eigenvalue weighted by molar-refractivity contribution is 0.415. The van der Waals surface area contributed by atoms with Gasteiger partial charge in [0.1, 0.15) is 5.75 Å². The van der Waals surface area contributed by atoms with Gasteiger partial charge in [-0.3, -0.25) is 0 Å². The van der Waals surface area contributed by atoms with Crippen LogP contribution >= 0.6 is 11.8 Å². The van der Waals surface area contributed by atoms with E-state index in [0.717, 1.165) is 17.1 Å². The first-order valence-corrected chi connectivity index (χ1v) is 6.80. The molecule has 2 rings (SSSR count). The van der Waals surface area contributed by atoms with E-state index < -0.39 is 0 Å². The molecule has 0 bridgehead atoms. The first-order chi connectivity index (χ1) is 8.72. The Bertz CT molecular complexity index is 543. The van der Waals surface area contributed by atoms with Crippen molar-refractivity contribution in [2.45, 2.75) is 4.90 Å². The van der Waals surface area contributed by atoms with Crippen molar-refractivity contribution in [1.29, 1.82) is 0 Å². The lowest BCUT2D eigenvalue weighted by Gasteiger charge is -2.11. The second-order valence-electron chi connectivity index (χ2n) is 3.81. The molecule has 0 heterocycles.